The van der Waals surface area contributed by atoms with Crippen molar-refractivity contribution in [3.05, 3.63) is 11.8 Å². The lowest BCUT2D eigenvalue weighted by atomic mass is 10.2. The fourth-order valence-corrected chi connectivity index (χ4v) is 1.54. The Bertz CT molecular complexity index is 410. The zero-order valence-electron chi connectivity index (χ0n) is 11.2. The van der Waals surface area contributed by atoms with Crippen LogP contribution in [0.15, 0.2) is 6.07 Å². The zero-order valence-corrected chi connectivity index (χ0v) is 11.2. The van der Waals surface area contributed by atoms with Crippen LogP contribution in [0.3, 0.4) is 0 Å². The van der Waals surface area contributed by atoms with Crippen LogP contribution in [0.4, 0.5) is 19.1 Å². The van der Waals surface area contributed by atoms with E-state index >= 15 is 0 Å². The molecule has 0 bridgehead atoms. The molecule has 1 heterocycles. The highest BCUT2D eigenvalue weighted by atomic mass is 19.4. The molecule has 108 valence electrons. The molecule has 0 aromatic carbocycles. The molecule has 1 atom stereocenters. The van der Waals surface area contributed by atoms with Crippen LogP contribution in [0.25, 0.3) is 0 Å². The first-order chi connectivity index (χ1) is 8.86. The monoisotopic (exact) mass is 277 g/mol. The standard InChI is InChI=1S/C12H18F3N3O/c1-4-6-8(3)19-10-7-9(12(13,14)15)17-11(18-10)16-5-2/h7-8H,4-6H2,1-3H3,(H,16,17,18). The van der Waals surface area contributed by atoms with Crippen molar-refractivity contribution in [1.29, 1.82) is 0 Å². The Morgan fingerprint density at radius 3 is 2.53 bits per heavy atom. The van der Waals surface area contributed by atoms with E-state index < -0.39 is 11.9 Å². The van der Waals surface area contributed by atoms with Crippen molar-refractivity contribution in [2.24, 2.45) is 0 Å². The van der Waals surface area contributed by atoms with Gasteiger partial charge in [0.15, 0.2) is 5.69 Å². The number of ether oxygens (including phenoxy) is 1. The molecule has 7 heteroatoms. The van der Waals surface area contributed by atoms with Crippen LogP contribution in [-0.4, -0.2) is 22.6 Å². The van der Waals surface area contributed by atoms with Crippen molar-refractivity contribution in [2.75, 3.05) is 11.9 Å². The van der Waals surface area contributed by atoms with Crippen molar-refractivity contribution < 1.29 is 17.9 Å². The second-order valence-electron chi connectivity index (χ2n) is 4.16. The Labute approximate surface area is 110 Å². The summed E-state index contributed by atoms with van der Waals surface area (Å²) < 4.78 is 43.5. The largest absolute Gasteiger partial charge is 0.475 e. The first-order valence-electron chi connectivity index (χ1n) is 6.23. The molecule has 0 fully saturated rings. The SMILES string of the molecule is CCCC(C)Oc1cc(C(F)(F)F)nc(NCC)n1. The van der Waals surface area contributed by atoms with Gasteiger partial charge >= 0.3 is 6.18 Å². The Morgan fingerprint density at radius 1 is 1.32 bits per heavy atom. The van der Waals surface area contributed by atoms with Gasteiger partial charge in [-0.15, -0.1) is 0 Å². The van der Waals surface area contributed by atoms with E-state index in [1.165, 1.54) is 0 Å². The number of hydrogen-bond acceptors (Lipinski definition) is 4. The molecule has 0 aliphatic carbocycles. The van der Waals surface area contributed by atoms with E-state index in [0.29, 0.717) is 6.54 Å². The fraction of sp³-hybridized carbons (Fsp3) is 0.667. The Kier molecular flexibility index (Phi) is 5.38. The highest BCUT2D eigenvalue weighted by Crippen LogP contribution is 2.30. The molecular formula is C12H18F3N3O. The van der Waals surface area contributed by atoms with E-state index in [-0.39, 0.29) is 17.9 Å². The van der Waals surface area contributed by atoms with E-state index in [9.17, 15) is 13.2 Å². The van der Waals surface area contributed by atoms with Gasteiger partial charge in [-0.1, -0.05) is 13.3 Å². The average Bonchev–Trinajstić information content (AvgIpc) is 2.28. The molecule has 0 saturated heterocycles. The van der Waals surface area contributed by atoms with Gasteiger partial charge < -0.3 is 10.1 Å². The normalized spacial score (nSPS) is 13.2. The summed E-state index contributed by atoms with van der Waals surface area (Å²) in [7, 11) is 0. The second-order valence-corrected chi connectivity index (χ2v) is 4.16. The third-order valence-corrected chi connectivity index (χ3v) is 2.35. The van der Waals surface area contributed by atoms with Crippen LogP contribution in [0, 0.1) is 0 Å². The number of nitrogens with one attached hydrogen (secondary N) is 1. The van der Waals surface area contributed by atoms with Gasteiger partial charge in [0.05, 0.1) is 6.10 Å². The van der Waals surface area contributed by atoms with Gasteiger partial charge in [-0.3, -0.25) is 0 Å². The minimum Gasteiger partial charge on any atom is -0.475 e. The second kappa shape index (κ2) is 6.58. The molecule has 0 saturated carbocycles. The molecule has 1 unspecified atom stereocenters. The third-order valence-electron chi connectivity index (χ3n) is 2.35. The van der Waals surface area contributed by atoms with Gasteiger partial charge in [0, 0.05) is 12.6 Å². The van der Waals surface area contributed by atoms with Gasteiger partial charge in [-0.05, 0) is 20.3 Å². The highest BCUT2D eigenvalue weighted by Gasteiger charge is 2.34. The summed E-state index contributed by atoms with van der Waals surface area (Å²) in [5, 5.41) is 2.66. The molecule has 4 nitrogen and oxygen atoms in total. The van der Waals surface area contributed by atoms with Crippen molar-refractivity contribution in [3.8, 4) is 5.88 Å². The maximum absolute atomic E-state index is 12.7. The topological polar surface area (TPSA) is 47.0 Å². The summed E-state index contributed by atoms with van der Waals surface area (Å²) in [4.78, 5) is 7.33. The van der Waals surface area contributed by atoms with Gasteiger partial charge in [0.1, 0.15) is 0 Å². The third kappa shape index (κ3) is 4.92. The van der Waals surface area contributed by atoms with E-state index in [1.54, 1.807) is 13.8 Å². The van der Waals surface area contributed by atoms with E-state index in [4.69, 9.17) is 4.74 Å². The quantitative estimate of drug-likeness (QED) is 0.864. The molecule has 0 spiro atoms. The van der Waals surface area contributed by atoms with Crippen molar-refractivity contribution >= 4 is 5.95 Å². The Hall–Kier alpha value is -1.53. The lowest BCUT2D eigenvalue weighted by Crippen LogP contribution is -2.16. The molecule has 0 amide bonds. The minimum atomic E-state index is -4.51. The summed E-state index contributed by atoms with van der Waals surface area (Å²) in [5.74, 6) is -0.129. The Morgan fingerprint density at radius 2 is 2.00 bits per heavy atom. The number of aromatic nitrogens is 2. The van der Waals surface area contributed by atoms with Crippen molar-refractivity contribution in [1.82, 2.24) is 9.97 Å². The van der Waals surface area contributed by atoms with Crippen molar-refractivity contribution in [3.63, 3.8) is 0 Å². The van der Waals surface area contributed by atoms with Gasteiger partial charge in [0.25, 0.3) is 0 Å². The van der Waals surface area contributed by atoms with Crippen LogP contribution in [0.2, 0.25) is 0 Å². The van der Waals surface area contributed by atoms with E-state index in [1.807, 2.05) is 6.92 Å². The number of nitrogens with zero attached hydrogens (tertiary/aromatic N) is 2. The first kappa shape index (κ1) is 15.5. The predicted molar refractivity (Wildman–Crippen MR) is 66.2 cm³/mol. The maximum atomic E-state index is 12.7. The van der Waals surface area contributed by atoms with Crippen LogP contribution < -0.4 is 10.1 Å². The summed E-state index contributed by atoms with van der Waals surface area (Å²) in [6, 6.07) is 0.826. The number of rotatable bonds is 6. The minimum absolute atomic E-state index is 0.0563. The maximum Gasteiger partial charge on any atom is 0.433 e. The van der Waals surface area contributed by atoms with Crippen LogP contribution in [0.5, 0.6) is 5.88 Å². The first-order valence-corrected chi connectivity index (χ1v) is 6.23. The van der Waals surface area contributed by atoms with Gasteiger partial charge in [-0.25, -0.2) is 4.98 Å². The molecule has 1 aromatic heterocycles. The lowest BCUT2D eigenvalue weighted by Gasteiger charge is -2.15. The molecule has 1 N–H and O–H groups in total. The molecule has 0 aliphatic heterocycles. The van der Waals surface area contributed by atoms with Crippen molar-refractivity contribution in [2.45, 2.75) is 45.9 Å². The van der Waals surface area contributed by atoms with Crippen LogP contribution >= 0.6 is 0 Å². The molecule has 1 aromatic rings. The summed E-state index contributed by atoms with van der Waals surface area (Å²) in [6.07, 6.45) is -3.06. The van der Waals surface area contributed by atoms with Gasteiger partial charge in [-0.2, -0.15) is 18.2 Å². The summed E-state index contributed by atoms with van der Waals surface area (Å²) in [5.41, 5.74) is -1.00. The van der Waals surface area contributed by atoms with E-state index in [0.717, 1.165) is 18.9 Å². The summed E-state index contributed by atoms with van der Waals surface area (Å²) in [6.45, 7) is 5.96. The molecule has 19 heavy (non-hydrogen) atoms. The molecular weight excluding hydrogens is 259 g/mol. The zero-order chi connectivity index (χ0) is 14.5. The van der Waals surface area contributed by atoms with Crippen LogP contribution in [0.1, 0.15) is 39.3 Å². The van der Waals surface area contributed by atoms with Crippen LogP contribution in [-0.2, 0) is 6.18 Å². The predicted octanol–water partition coefficient (Wildman–Crippen LogP) is 3.49. The number of anilines is 1. The Balaban J connectivity index is 2.99. The number of alkyl halides is 3. The highest BCUT2D eigenvalue weighted by molar-refractivity contribution is 5.31. The number of hydrogen-bond donors (Lipinski definition) is 1. The molecule has 0 aliphatic rings. The summed E-state index contributed by atoms with van der Waals surface area (Å²) >= 11 is 0. The number of halogens is 3. The van der Waals surface area contributed by atoms with E-state index in [2.05, 4.69) is 15.3 Å². The molecule has 1 rings (SSSR count). The molecule has 0 radical (unpaired) electrons. The van der Waals surface area contributed by atoms with Gasteiger partial charge in [0.2, 0.25) is 11.8 Å². The smallest absolute Gasteiger partial charge is 0.433 e. The fourth-order valence-electron chi connectivity index (χ4n) is 1.54. The lowest BCUT2D eigenvalue weighted by molar-refractivity contribution is -0.141. The average molecular weight is 277 g/mol.